The summed E-state index contributed by atoms with van der Waals surface area (Å²) in [5.74, 6) is 0.126. The zero-order valence-electron chi connectivity index (χ0n) is 18.7. The molecule has 0 amide bonds. The number of benzene rings is 3. The minimum absolute atomic E-state index is 0.218. The third-order valence-electron chi connectivity index (χ3n) is 5.46. The highest BCUT2D eigenvalue weighted by molar-refractivity contribution is 6.01. The van der Waals surface area contributed by atoms with Crippen LogP contribution in [0.4, 0.5) is 8.78 Å². The third-order valence-corrected chi connectivity index (χ3v) is 5.46. The Kier molecular flexibility index (Phi) is 6.54. The molecule has 0 aliphatic carbocycles. The predicted molar refractivity (Wildman–Crippen MR) is 126 cm³/mol. The molecule has 0 saturated carbocycles. The lowest BCUT2D eigenvalue weighted by Gasteiger charge is -2.13. The molecule has 0 spiro atoms. The van der Waals surface area contributed by atoms with E-state index in [2.05, 4.69) is 5.16 Å². The van der Waals surface area contributed by atoms with Crippen molar-refractivity contribution in [2.75, 3.05) is 7.11 Å². The maximum atomic E-state index is 14.8. The van der Waals surface area contributed by atoms with Gasteiger partial charge in [-0.2, -0.15) is 0 Å². The van der Waals surface area contributed by atoms with Crippen LogP contribution in [0, 0.1) is 18.6 Å². The minimum atomic E-state index is -0.320. The van der Waals surface area contributed by atoms with Crippen molar-refractivity contribution in [1.29, 1.82) is 0 Å². The molecule has 0 aliphatic rings. The lowest BCUT2D eigenvalue weighted by molar-refractivity contribution is 0.130. The van der Waals surface area contributed by atoms with Crippen LogP contribution in [0.3, 0.4) is 0 Å². The monoisotopic (exact) mass is 446 g/mol. The molecule has 3 aromatic carbocycles. The van der Waals surface area contributed by atoms with Gasteiger partial charge in [0.2, 0.25) is 0 Å². The summed E-state index contributed by atoms with van der Waals surface area (Å²) in [6.07, 6.45) is 0. The van der Waals surface area contributed by atoms with Gasteiger partial charge in [-0.25, -0.2) is 8.78 Å². The third kappa shape index (κ3) is 4.80. The number of halogens is 2. The maximum Gasteiger partial charge on any atom is 0.147 e. The van der Waals surface area contributed by atoms with Crippen LogP contribution >= 0.6 is 0 Å². The fourth-order valence-corrected chi connectivity index (χ4v) is 3.72. The van der Waals surface area contributed by atoms with E-state index in [0.717, 1.165) is 33.8 Å². The summed E-state index contributed by atoms with van der Waals surface area (Å²) >= 11 is 0. The van der Waals surface area contributed by atoms with Crippen LogP contribution in [0.15, 0.2) is 84.0 Å². The van der Waals surface area contributed by atoms with E-state index in [-0.39, 0.29) is 18.2 Å². The zero-order valence-corrected chi connectivity index (χ0v) is 18.7. The number of rotatable bonds is 7. The number of para-hydroxylation sites is 1. The Morgan fingerprint density at radius 3 is 2.30 bits per heavy atom. The number of methoxy groups -OCH3 is 1. The van der Waals surface area contributed by atoms with Gasteiger partial charge in [0, 0.05) is 11.3 Å². The van der Waals surface area contributed by atoms with Crippen molar-refractivity contribution in [3.8, 4) is 22.7 Å². The van der Waals surface area contributed by atoms with Crippen molar-refractivity contribution in [2.24, 2.45) is 5.16 Å². The summed E-state index contributed by atoms with van der Waals surface area (Å²) < 4.78 is 35.0. The van der Waals surface area contributed by atoms with Gasteiger partial charge in [0.05, 0.1) is 24.2 Å². The first-order chi connectivity index (χ1) is 16.0. The quantitative estimate of drug-likeness (QED) is 0.234. The Hall–Kier alpha value is -3.93. The molecule has 0 unspecified atom stereocenters. The Labute approximate surface area is 191 Å². The summed E-state index contributed by atoms with van der Waals surface area (Å²) in [5.41, 5.74) is 5.32. The maximum absolute atomic E-state index is 14.8. The largest absolute Gasteiger partial charge is 0.497 e. The Morgan fingerprint density at radius 2 is 1.64 bits per heavy atom. The zero-order chi connectivity index (χ0) is 23.4. The van der Waals surface area contributed by atoms with Crippen molar-refractivity contribution in [1.82, 2.24) is 4.57 Å². The average molecular weight is 446 g/mol. The predicted octanol–water partition coefficient (Wildman–Crippen LogP) is 6.68. The fourth-order valence-electron chi connectivity index (χ4n) is 3.72. The smallest absolute Gasteiger partial charge is 0.147 e. The van der Waals surface area contributed by atoms with E-state index in [1.165, 1.54) is 18.2 Å². The van der Waals surface area contributed by atoms with E-state index in [1.807, 2.05) is 54.8 Å². The summed E-state index contributed by atoms with van der Waals surface area (Å²) in [6, 6.07) is 22.3. The highest BCUT2D eigenvalue weighted by Crippen LogP contribution is 2.32. The van der Waals surface area contributed by atoms with Gasteiger partial charge in [0.1, 0.15) is 24.0 Å². The SMILES string of the molecule is COc1ccc(-c2cc(C(C)=NOCc3ccc(F)cc3)c(C)n2-c2ccccc2F)cc1. The van der Waals surface area contributed by atoms with Crippen LogP contribution in [0.2, 0.25) is 0 Å². The molecule has 33 heavy (non-hydrogen) atoms. The Bertz CT molecular complexity index is 1280. The summed E-state index contributed by atoms with van der Waals surface area (Å²) in [4.78, 5) is 5.51. The lowest BCUT2D eigenvalue weighted by Crippen LogP contribution is -2.04. The molecule has 4 nitrogen and oxygen atoms in total. The normalized spacial score (nSPS) is 11.5. The lowest BCUT2D eigenvalue weighted by atomic mass is 10.1. The van der Waals surface area contributed by atoms with Gasteiger partial charge in [-0.3, -0.25) is 0 Å². The van der Waals surface area contributed by atoms with Crippen molar-refractivity contribution >= 4 is 5.71 Å². The van der Waals surface area contributed by atoms with Gasteiger partial charge in [-0.05, 0) is 79.6 Å². The van der Waals surface area contributed by atoms with Crippen LogP contribution in [0.1, 0.15) is 23.7 Å². The Morgan fingerprint density at radius 1 is 0.939 bits per heavy atom. The first kappa shape index (κ1) is 22.3. The molecule has 0 radical (unpaired) electrons. The average Bonchev–Trinajstić information content (AvgIpc) is 3.17. The molecule has 0 aliphatic heterocycles. The molecule has 0 atom stereocenters. The molecule has 4 aromatic rings. The molecule has 1 heterocycles. The van der Waals surface area contributed by atoms with E-state index in [9.17, 15) is 8.78 Å². The van der Waals surface area contributed by atoms with E-state index >= 15 is 0 Å². The topological polar surface area (TPSA) is 35.8 Å². The molecule has 4 rings (SSSR count). The van der Waals surface area contributed by atoms with Gasteiger partial charge in [0.15, 0.2) is 0 Å². The molecular weight excluding hydrogens is 422 g/mol. The second kappa shape index (κ2) is 9.69. The molecule has 0 fully saturated rings. The highest BCUT2D eigenvalue weighted by Gasteiger charge is 2.19. The molecular formula is C27H24F2N2O2. The standard InChI is InChI=1S/C27H24F2N2O2/c1-18(30-33-17-20-8-12-22(28)13-9-20)24-16-27(21-10-14-23(32-3)15-11-21)31(19(24)2)26-7-5-4-6-25(26)29/h4-16H,17H2,1-3H3. The molecule has 6 heteroatoms. The summed E-state index contributed by atoms with van der Waals surface area (Å²) in [7, 11) is 1.62. The van der Waals surface area contributed by atoms with Crippen molar-refractivity contribution in [3.05, 3.63) is 107 Å². The van der Waals surface area contributed by atoms with Crippen LogP contribution in [0.5, 0.6) is 5.75 Å². The van der Waals surface area contributed by atoms with Gasteiger partial charge >= 0.3 is 0 Å². The Balaban J connectivity index is 1.72. The van der Waals surface area contributed by atoms with Crippen LogP contribution in [-0.4, -0.2) is 17.4 Å². The number of hydrogen-bond acceptors (Lipinski definition) is 3. The summed E-state index contributed by atoms with van der Waals surface area (Å²) in [5, 5.41) is 4.26. The highest BCUT2D eigenvalue weighted by atomic mass is 19.1. The van der Waals surface area contributed by atoms with Crippen molar-refractivity contribution in [2.45, 2.75) is 20.5 Å². The van der Waals surface area contributed by atoms with Gasteiger partial charge in [0.25, 0.3) is 0 Å². The second-order valence-corrected chi connectivity index (χ2v) is 7.62. The number of oxime groups is 1. The summed E-state index contributed by atoms with van der Waals surface area (Å²) in [6.45, 7) is 3.99. The molecule has 1 aromatic heterocycles. The van der Waals surface area contributed by atoms with E-state index in [1.54, 1.807) is 31.4 Å². The number of hydrogen-bond donors (Lipinski definition) is 0. The van der Waals surface area contributed by atoms with Crippen molar-refractivity contribution < 1.29 is 18.4 Å². The van der Waals surface area contributed by atoms with Crippen LogP contribution in [0.25, 0.3) is 16.9 Å². The van der Waals surface area contributed by atoms with Crippen LogP contribution < -0.4 is 4.74 Å². The van der Waals surface area contributed by atoms with Gasteiger partial charge < -0.3 is 14.1 Å². The van der Waals surface area contributed by atoms with Crippen molar-refractivity contribution in [3.63, 3.8) is 0 Å². The first-order valence-electron chi connectivity index (χ1n) is 10.5. The fraction of sp³-hybridized carbons (Fsp3) is 0.148. The second-order valence-electron chi connectivity index (χ2n) is 7.62. The number of ether oxygens (including phenoxy) is 1. The van der Waals surface area contributed by atoms with E-state index in [0.29, 0.717) is 11.4 Å². The van der Waals surface area contributed by atoms with Gasteiger partial charge in [-0.15, -0.1) is 0 Å². The molecule has 168 valence electrons. The van der Waals surface area contributed by atoms with Crippen LogP contribution in [-0.2, 0) is 11.4 Å². The van der Waals surface area contributed by atoms with Gasteiger partial charge in [-0.1, -0.05) is 29.4 Å². The number of nitrogens with zero attached hydrogens (tertiary/aromatic N) is 2. The first-order valence-corrected chi connectivity index (χ1v) is 10.5. The van der Waals surface area contributed by atoms with E-state index in [4.69, 9.17) is 9.57 Å². The molecule has 0 saturated heterocycles. The van der Waals surface area contributed by atoms with E-state index < -0.39 is 0 Å². The molecule has 0 bridgehead atoms. The number of aromatic nitrogens is 1. The molecule has 0 N–H and O–H groups in total. The minimum Gasteiger partial charge on any atom is -0.497 e.